The lowest BCUT2D eigenvalue weighted by Crippen LogP contribution is -2.41. The Hall–Kier alpha value is -4.33. The van der Waals surface area contributed by atoms with Crippen molar-refractivity contribution < 1.29 is 19.1 Å². The van der Waals surface area contributed by atoms with E-state index in [1.165, 1.54) is 0 Å². The van der Waals surface area contributed by atoms with Gasteiger partial charge in [-0.15, -0.1) is 0 Å². The molecule has 0 aromatic heterocycles. The number of nitrogens with zero attached hydrogens (tertiary/aromatic N) is 1. The number of amides is 2. The van der Waals surface area contributed by atoms with Crippen molar-refractivity contribution in [1.82, 2.24) is 10.6 Å². The molecule has 0 saturated heterocycles. The highest BCUT2D eigenvalue weighted by Gasteiger charge is 2.19. The fourth-order valence-electron chi connectivity index (χ4n) is 3.64. The average Bonchev–Trinajstić information content (AvgIpc) is 2.91. The fraction of sp³-hybridized carbons (Fsp3) is 0.250. The summed E-state index contributed by atoms with van der Waals surface area (Å²) in [6.45, 7) is 0.267. The third-order valence-corrected chi connectivity index (χ3v) is 5.54. The predicted molar refractivity (Wildman–Crippen MR) is 140 cm³/mol. The standard InChI is InChI=1S/C28H32N4O4/c1-35-24-15-13-22(18-25(24)36-2)19-30-27(34)23(17-21-11-7-4-8-12-21)31-28(29)32-26(33)16-14-20-9-5-3-6-10-20/h3-13,15,18,23H,14,16-17,19H2,1-2H3,(H,30,34)(H3,29,31,32,33). The Balaban J connectivity index is 1.65. The molecule has 0 spiro atoms. The van der Waals surface area contributed by atoms with Gasteiger partial charge in [0.05, 0.1) is 14.2 Å². The van der Waals surface area contributed by atoms with E-state index in [4.69, 9.17) is 15.2 Å². The van der Waals surface area contributed by atoms with Gasteiger partial charge in [0.1, 0.15) is 6.04 Å². The van der Waals surface area contributed by atoms with Crippen molar-refractivity contribution in [3.63, 3.8) is 0 Å². The van der Waals surface area contributed by atoms with Gasteiger partial charge in [0.2, 0.25) is 11.8 Å². The van der Waals surface area contributed by atoms with Crippen molar-refractivity contribution >= 4 is 17.8 Å². The molecule has 0 radical (unpaired) electrons. The first-order valence-corrected chi connectivity index (χ1v) is 11.7. The first-order chi connectivity index (χ1) is 17.5. The maximum atomic E-state index is 13.1. The van der Waals surface area contributed by atoms with Crippen LogP contribution in [0.15, 0.2) is 83.9 Å². The van der Waals surface area contributed by atoms with Crippen molar-refractivity contribution in [3.05, 3.63) is 95.6 Å². The van der Waals surface area contributed by atoms with Gasteiger partial charge in [-0.1, -0.05) is 66.7 Å². The molecule has 2 amide bonds. The molecule has 0 aliphatic rings. The van der Waals surface area contributed by atoms with Gasteiger partial charge in [-0.3, -0.25) is 14.9 Å². The van der Waals surface area contributed by atoms with Crippen molar-refractivity contribution in [2.24, 2.45) is 10.7 Å². The van der Waals surface area contributed by atoms with Crippen LogP contribution in [0.5, 0.6) is 11.5 Å². The van der Waals surface area contributed by atoms with E-state index < -0.39 is 6.04 Å². The van der Waals surface area contributed by atoms with Gasteiger partial charge in [0.25, 0.3) is 0 Å². The number of guanidine groups is 1. The number of aliphatic imine (C=N–C) groups is 1. The van der Waals surface area contributed by atoms with Gasteiger partial charge in [-0.2, -0.15) is 0 Å². The highest BCUT2D eigenvalue weighted by Crippen LogP contribution is 2.27. The van der Waals surface area contributed by atoms with Gasteiger partial charge in [0.15, 0.2) is 17.5 Å². The largest absolute Gasteiger partial charge is 0.493 e. The van der Waals surface area contributed by atoms with Crippen LogP contribution in [0.4, 0.5) is 0 Å². The Morgan fingerprint density at radius 2 is 1.50 bits per heavy atom. The molecular formula is C28H32N4O4. The molecule has 36 heavy (non-hydrogen) atoms. The minimum absolute atomic E-state index is 0.0877. The summed E-state index contributed by atoms with van der Waals surface area (Å²) >= 11 is 0. The molecule has 1 atom stereocenters. The van der Waals surface area contributed by atoms with Crippen molar-refractivity contribution in [2.75, 3.05) is 14.2 Å². The number of aryl methyl sites for hydroxylation is 1. The Morgan fingerprint density at radius 1 is 0.861 bits per heavy atom. The molecule has 0 bridgehead atoms. The minimum Gasteiger partial charge on any atom is -0.493 e. The second kappa shape index (κ2) is 13.5. The lowest BCUT2D eigenvalue weighted by Gasteiger charge is -2.15. The predicted octanol–water partition coefficient (Wildman–Crippen LogP) is 3.00. The number of hydrogen-bond acceptors (Lipinski definition) is 5. The van der Waals surface area contributed by atoms with Crippen LogP contribution < -0.4 is 25.8 Å². The third-order valence-electron chi connectivity index (χ3n) is 5.54. The summed E-state index contributed by atoms with van der Waals surface area (Å²) in [6.07, 6.45) is 1.17. The molecule has 8 nitrogen and oxygen atoms in total. The molecule has 3 aromatic rings. The number of ether oxygens (including phenoxy) is 2. The number of nitrogens with two attached hydrogens (primary N) is 1. The molecule has 3 rings (SSSR count). The second-order valence-electron chi connectivity index (χ2n) is 8.16. The SMILES string of the molecule is COc1ccc(CNC(=O)C(Cc2ccccc2)N=C(N)NC(=O)CCc2ccccc2)cc1OC. The lowest BCUT2D eigenvalue weighted by atomic mass is 10.1. The summed E-state index contributed by atoms with van der Waals surface area (Å²) < 4.78 is 10.6. The number of hydrogen-bond donors (Lipinski definition) is 3. The van der Waals surface area contributed by atoms with E-state index in [0.29, 0.717) is 24.3 Å². The molecular weight excluding hydrogens is 456 g/mol. The molecule has 188 valence electrons. The third kappa shape index (κ3) is 8.16. The number of benzene rings is 3. The Kier molecular flexibility index (Phi) is 9.88. The van der Waals surface area contributed by atoms with Gasteiger partial charge < -0.3 is 20.5 Å². The van der Waals surface area contributed by atoms with E-state index in [9.17, 15) is 9.59 Å². The number of carbonyl (C=O) groups excluding carboxylic acids is 2. The smallest absolute Gasteiger partial charge is 0.245 e. The van der Waals surface area contributed by atoms with Crippen molar-refractivity contribution in [1.29, 1.82) is 0 Å². The number of rotatable bonds is 11. The molecule has 0 saturated carbocycles. The maximum absolute atomic E-state index is 13.1. The Labute approximate surface area is 211 Å². The summed E-state index contributed by atoms with van der Waals surface area (Å²) in [4.78, 5) is 29.8. The quantitative estimate of drug-likeness (QED) is 0.284. The van der Waals surface area contributed by atoms with Crippen LogP contribution in [-0.2, 0) is 29.0 Å². The number of nitrogens with one attached hydrogen (secondary N) is 2. The zero-order valence-electron chi connectivity index (χ0n) is 20.6. The highest BCUT2D eigenvalue weighted by molar-refractivity contribution is 5.97. The van der Waals surface area contributed by atoms with Gasteiger partial charge in [-0.05, 0) is 35.2 Å². The highest BCUT2D eigenvalue weighted by atomic mass is 16.5. The summed E-state index contributed by atoms with van der Waals surface area (Å²) in [7, 11) is 3.12. The summed E-state index contributed by atoms with van der Waals surface area (Å²) in [5.74, 6) is 0.523. The second-order valence-corrected chi connectivity index (χ2v) is 8.16. The Bertz CT molecular complexity index is 1170. The first kappa shape index (κ1) is 26.3. The summed E-state index contributed by atoms with van der Waals surface area (Å²) in [6, 6.07) is 23.8. The maximum Gasteiger partial charge on any atom is 0.245 e. The normalized spacial score (nSPS) is 11.9. The van der Waals surface area contributed by atoms with E-state index in [1.807, 2.05) is 66.7 Å². The molecule has 1 unspecified atom stereocenters. The Morgan fingerprint density at radius 3 is 2.14 bits per heavy atom. The van der Waals surface area contributed by atoms with Gasteiger partial charge in [-0.25, -0.2) is 4.99 Å². The van der Waals surface area contributed by atoms with E-state index in [2.05, 4.69) is 15.6 Å². The van der Waals surface area contributed by atoms with Crippen LogP contribution in [-0.4, -0.2) is 38.0 Å². The average molecular weight is 489 g/mol. The van der Waals surface area contributed by atoms with Crippen LogP contribution in [0.1, 0.15) is 23.1 Å². The van der Waals surface area contributed by atoms with Crippen LogP contribution in [0.3, 0.4) is 0 Å². The zero-order valence-corrected chi connectivity index (χ0v) is 20.6. The summed E-state index contributed by atoms with van der Waals surface area (Å²) in [5.41, 5.74) is 8.84. The number of methoxy groups -OCH3 is 2. The van der Waals surface area contributed by atoms with Gasteiger partial charge in [0, 0.05) is 19.4 Å². The topological polar surface area (TPSA) is 115 Å². The van der Waals surface area contributed by atoms with Crippen LogP contribution in [0, 0.1) is 0 Å². The molecule has 0 aliphatic carbocycles. The molecule has 0 heterocycles. The number of carbonyl (C=O) groups is 2. The first-order valence-electron chi connectivity index (χ1n) is 11.7. The lowest BCUT2D eigenvalue weighted by molar-refractivity contribution is -0.122. The van der Waals surface area contributed by atoms with E-state index >= 15 is 0 Å². The molecule has 8 heteroatoms. The minimum atomic E-state index is -0.818. The van der Waals surface area contributed by atoms with Crippen molar-refractivity contribution in [3.8, 4) is 11.5 Å². The van der Waals surface area contributed by atoms with Gasteiger partial charge >= 0.3 is 0 Å². The summed E-state index contributed by atoms with van der Waals surface area (Å²) in [5, 5.41) is 5.50. The van der Waals surface area contributed by atoms with E-state index in [1.54, 1.807) is 26.4 Å². The zero-order chi connectivity index (χ0) is 25.8. The molecule has 0 fully saturated rings. The van der Waals surface area contributed by atoms with Crippen LogP contribution in [0.2, 0.25) is 0 Å². The van der Waals surface area contributed by atoms with E-state index in [-0.39, 0.29) is 30.7 Å². The molecule has 3 aromatic carbocycles. The van der Waals surface area contributed by atoms with E-state index in [0.717, 1.165) is 16.7 Å². The molecule has 0 aliphatic heterocycles. The van der Waals surface area contributed by atoms with Crippen LogP contribution >= 0.6 is 0 Å². The van der Waals surface area contributed by atoms with Crippen LogP contribution in [0.25, 0.3) is 0 Å². The fourth-order valence-corrected chi connectivity index (χ4v) is 3.64. The molecule has 4 N–H and O–H groups in total. The monoisotopic (exact) mass is 488 g/mol. The van der Waals surface area contributed by atoms with Crippen molar-refractivity contribution in [2.45, 2.75) is 31.8 Å².